The summed E-state index contributed by atoms with van der Waals surface area (Å²) in [6.45, 7) is 0. The van der Waals surface area contributed by atoms with Gasteiger partial charge in [-0.1, -0.05) is 36.5 Å². The van der Waals surface area contributed by atoms with Gasteiger partial charge in [0.2, 0.25) is 0 Å². The quantitative estimate of drug-likeness (QED) is 0.343. The Hall–Kier alpha value is -3.24. The smallest absolute Gasteiger partial charge is 0.310 e. The van der Waals surface area contributed by atoms with E-state index in [1.807, 2.05) is 18.2 Å². The van der Waals surface area contributed by atoms with E-state index in [0.717, 1.165) is 28.4 Å². The number of para-hydroxylation sites is 1. The van der Waals surface area contributed by atoms with Gasteiger partial charge in [0.05, 0.1) is 16.9 Å². The summed E-state index contributed by atoms with van der Waals surface area (Å²) >= 11 is 6.17. The Balaban J connectivity index is 1.80. The minimum Gasteiger partial charge on any atom is -0.496 e. The number of methoxy groups -OCH3 is 1. The Morgan fingerprint density at radius 3 is 2.75 bits per heavy atom. The fourth-order valence-corrected chi connectivity index (χ4v) is 3.57. The molecule has 0 radical (unpaired) electrons. The molecule has 1 N–H and O–H groups in total. The van der Waals surface area contributed by atoms with Gasteiger partial charge >= 0.3 is 5.24 Å². The average Bonchev–Trinajstić information content (AvgIpc) is 2.95. The molecule has 0 bridgehead atoms. The van der Waals surface area contributed by atoms with Crippen LogP contribution in [0.2, 0.25) is 0 Å². The summed E-state index contributed by atoms with van der Waals surface area (Å²) < 4.78 is 5.28. The molecule has 1 aliphatic heterocycles. The lowest BCUT2D eigenvalue weighted by molar-refractivity contribution is -0.384. The number of benzene rings is 2. The van der Waals surface area contributed by atoms with Crippen LogP contribution in [0, 0.1) is 10.1 Å². The molecular formula is C18H13N3O5S2. The van der Waals surface area contributed by atoms with Gasteiger partial charge in [0.25, 0.3) is 11.6 Å². The number of thioether (sulfide) groups is 1. The highest BCUT2D eigenvalue weighted by Crippen LogP contribution is 2.34. The molecule has 10 heteroatoms. The van der Waals surface area contributed by atoms with Crippen molar-refractivity contribution in [1.82, 2.24) is 10.4 Å². The number of nitrogens with one attached hydrogen (secondary N) is 1. The van der Waals surface area contributed by atoms with Crippen LogP contribution in [0.25, 0.3) is 6.08 Å². The molecule has 0 spiro atoms. The fraction of sp³-hybridized carbons (Fsp3) is 0.0556. The van der Waals surface area contributed by atoms with Gasteiger partial charge < -0.3 is 4.74 Å². The molecule has 28 heavy (non-hydrogen) atoms. The molecule has 142 valence electrons. The maximum absolute atomic E-state index is 12.4. The van der Waals surface area contributed by atoms with Gasteiger partial charge in [-0.25, -0.2) is 0 Å². The van der Waals surface area contributed by atoms with Gasteiger partial charge in [-0.15, -0.1) is 0 Å². The molecule has 2 aromatic carbocycles. The number of carbonyl (C=O) groups is 2. The van der Waals surface area contributed by atoms with Gasteiger partial charge in [-0.2, -0.15) is 5.01 Å². The van der Waals surface area contributed by atoms with E-state index >= 15 is 0 Å². The molecule has 0 aromatic heterocycles. The first-order chi connectivity index (χ1) is 13.4. The monoisotopic (exact) mass is 415 g/mol. The highest BCUT2D eigenvalue weighted by Gasteiger charge is 2.33. The number of non-ortho nitro benzene ring substituents is 1. The van der Waals surface area contributed by atoms with Crippen molar-refractivity contribution >= 4 is 51.9 Å². The van der Waals surface area contributed by atoms with Crippen molar-refractivity contribution < 1.29 is 19.2 Å². The Bertz CT molecular complexity index is 1020. The number of hydrogen-bond acceptors (Lipinski definition) is 7. The maximum Gasteiger partial charge on any atom is 0.310 e. The predicted octanol–water partition coefficient (Wildman–Crippen LogP) is 3.79. The lowest BCUT2D eigenvalue weighted by atomic mass is 10.2. The molecule has 8 nitrogen and oxygen atoms in total. The Kier molecular flexibility index (Phi) is 5.71. The number of carbonyl (C=O) groups excluding carboxylic acids is 2. The first kappa shape index (κ1) is 19.5. The average molecular weight is 415 g/mol. The predicted molar refractivity (Wildman–Crippen MR) is 109 cm³/mol. The Morgan fingerprint density at radius 2 is 2.04 bits per heavy atom. The van der Waals surface area contributed by atoms with Crippen molar-refractivity contribution in [3.8, 4) is 5.75 Å². The van der Waals surface area contributed by atoms with Crippen LogP contribution in [0.15, 0.2) is 53.4 Å². The van der Waals surface area contributed by atoms with Crippen molar-refractivity contribution in [2.75, 3.05) is 7.11 Å². The van der Waals surface area contributed by atoms with Crippen molar-refractivity contribution in [2.24, 2.45) is 0 Å². The largest absolute Gasteiger partial charge is 0.496 e. The van der Waals surface area contributed by atoms with Gasteiger partial charge in [0.1, 0.15) is 10.7 Å². The number of hydrogen-bond donors (Lipinski definition) is 1. The lowest BCUT2D eigenvalue weighted by Gasteiger charge is -2.15. The number of nitrogens with zero attached hydrogens (tertiary/aromatic N) is 2. The molecule has 0 aliphatic carbocycles. The van der Waals surface area contributed by atoms with Gasteiger partial charge in [-0.3, -0.25) is 25.1 Å². The van der Waals surface area contributed by atoms with Crippen LogP contribution >= 0.6 is 24.0 Å². The third kappa shape index (κ3) is 4.02. The zero-order valence-corrected chi connectivity index (χ0v) is 16.1. The Labute approximate surface area is 169 Å². The van der Waals surface area contributed by atoms with Crippen LogP contribution in [0.5, 0.6) is 5.75 Å². The highest BCUT2D eigenvalue weighted by atomic mass is 32.2. The van der Waals surface area contributed by atoms with Crippen molar-refractivity contribution in [1.29, 1.82) is 0 Å². The van der Waals surface area contributed by atoms with Crippen LogP contribution in [0.1, 0.15) is 15.9 Å². The number of thiocarbonyl (C=S) groups is 1. The van der Waals surface area contributed by atoms with Crippen LogP contribution < -0.4 is 10.2 Å². The van der Waals surface area contributed by atoms with Crippen molar-refractivity contribution in [2.45, 2.75) is 0 Å². The molecule has 2 aromatic rings. The van der Waals surface area contributed by atoms with Gasteiger partial charge in [0.15, 0.2) is 0 Å². The number of hydrazine groups is 1. The third-order valence-electron chi connectivity index (χ3n) is 3.75. The molecule has 0 unspecified atom stereocenters. The molecule has 0 saturated carbocycles. The summed E-state index contributed by atoms with van der Waals surface area (Å²) in [6, 6.07) is 12.4. The molecule has 1 saturated heterocycles. The Morgan fingerprint density at radius 1 is 1.29 bits per heavy atom. The normalized spacial score (nSPS) is 15.0. The zero-order valence-electron chi connectivity index (χ0n) is 14.4. The fourth-order valence-electron chi connectivity index (χ4n) is 2.42. The first-order valence-corrected chi connectivity index (χ1v) is 9.09. The molecule has 1 fully saturated rings. The summed E-state index contributed by atoms with van der Waals surface area (Å²) in [6.07, 6.45) is 1.70. The SMILES string of the molecule is COc1ccccc1/C=C1/SC(=O)N(NC(=O)c2cccc([N+](=O)[O-])c2)C1=S. The minimum atomic E-state index is -0.682. The van der Waals surface area contributed by atoms with E-state index in [4.69, 9.17) is 17.0 Å². The topological polar surface area (TPSA) is 102 Å². The zero-order chi connectivity index (χ0) is 20.3. The standard InChI is InChI=1S/C18H13N3O5S2/c1-26-14-8-3-2-5-11(14)10-15-17(27)20(18(23)28-15)19-16(22)12-6-4-7-13(9-12)21(24)25/h2-10H,1H3,(H,19,22)/b15-10+. The van der Waals surface area contributed by atoms with Gasteiger partial charge in [-0.05, 0) is 30.0 Å². The molecule has 3 rings (SSSR count). The number of nitro groups is 1. The van der Waals surface area contributed by atoms with Crippen LogP contribution in [0.3, 0.4) is 0 Å². The minimum absolute atomic E-state index is 0.0389. The summed E-state index contributed by atoms with van der Waals surface area (Å²) in [4.78, 5) is 35.5. The molecular weight excluding hydrogens is 402 g/mol. The molecule has 2 amide bonds. The molecule has 1 aliphatic rings. The second kappa shape index (κ2) is 8.19. The lowest BCUT2D eigenvalue weighted by Crippen LogP contribution is -2.44. The van der Waals surface area contributed by atoms with E-state index in [1.165, 1.54) is 25.3 Å². The number of nitro benzene ring substituents is 1. The maximum atomic E-state index is 12.4. The third-order valence-corrected chi connectivity index (χ3v) is 5.17. The molecule has 1 heterocycles. The van der Waals surface area contributed by atoms with E-state index in [1.54, 1.807) is 12.1 Å². The van der Waals surface area contributed by atoms with Crippen molar-refractivity contribution in [3.63, 3.8) is 0 Å². The van der Waals surface area contributed by atoms with E-state index in [9.17, 15) is 19.7 Å². The van der Waals surface area contributed by atoms with Crippen LogP contribution in [0.4, 0.5) is 10.5 Å². The summed E-state index contributed by atoms with van der Waals surface area (Å²) in [5, 5.41) is 11.3. The summed E-state index contributed by atoms with van der Waals surface area (Å²) in [7, 11) is 1.54. The van der Waals surface area contributed by atoms with E-state index in [-0.39, 0.29) is 16.2 Å². The van der Waals surface area contributed by atoms with E-state index in [2.05, 4.69) is 5.43 Å². The second-order valence-corrected chi connectivity index (χ2v) is 6.89. The van der Waals surface area contributed by atoms with Crippen LogP contribution in [-0.4, -0.2) is 33.2 Å². The summed E-state index contributed by atoms with van der Waals surface area (Å²) in [5.74, 6) is -0.0662. The van der Waals surface area contributed by atoms with Gasteiger partial charge in [0, 0.05) is 23.3 Å². The summed E-state index contributed by atoms with van der Waals surface area (Å²) in [5.41, 5.74) is 2.94. The molecule has 0 atom stereocenters. The number of rotatable bonds is 5. The van der Waals surface area contributed by atoms with E-state index < -0.39 is 16.1 Å². The number of ether oxygens (including phenoxy) is 1. The van der Waals surface area contributed by atoms with Crippen LogP contribution in [-0.2, 0) is 0 Å². The van der Waals surface area contributed by atoms with Crippen molar-refractivity contribution in [3.05, 3.63) is 74.7 Å². The second-order valence-electron chi connectivity index (χ2n) is 5.51. The highest BCUT2D eigenvalue weighted by molar-refractivity contribution is 8.19. The number of amides is 2. The van der Waals surface area contributed by atoms with E-state index in [0.29, 0.717) is 10.7 Å². The first-order valence-electron chi connectivity index (χ1n) is 7.87.